The molecule has 0 amide bonds. The number of nitrogens with zero attached hydrogens (tertiary/aromatic N) is 3. The third-order valence-electron chi connectivity index (χ3n) is 2.89. The van der Waals surface area contributed by atoms with Crippen LogP contribution in [0.4, 0.5) is 5.82 Å². The van der Waals surface area contributed by atoms with Crippen LogP contribution in [0, 0.1) is 0 Å². The largest absolute Gasteiger partial charge is 0.325 e. The molecular formula is C13H22N3OP. The highest BCUT2D eigenvalue weighted by Gasteiger charge is 2.35. The summed E-state index contributed by atoms with van der Waals surface area (Å²) in [5, 5.41) is 0. The van der Waals surface area contributed by atoms with Crippen LogP contribution in [0.1, 0.15) is 27.7 Å². The summed E-state index contributed by atoms with van der Waals surface area (Å²) in [5.41, 5.74) is 0. The van der Waals surface area contributed by atoms with Crippen LogP contribution in [0.15, 0.2) is 24.4 Å². The second kappa shape index (κ2) is 5.96. The molecule has 0 N–H and O–H groups in total. The molecule has 18 heavy (non-hydrogen) atoms. The Labute approximate surface area is 111 Å². The Bertz CT molecular complexity index is 364. The fourth-order valence-electron chi connectivity index (χ4n) is 2.26. The van der Waals surface area contributed by atoms with E-state index in [-0.39, 0.29) is 0 Å². The van der Waals surface area contributed by atoms with Crippen LogP contribution in [0.3, 0.4) is 0 Å². The maximum Gasteiger partial charge on any atom is 0.219 e. The highest BCUT2D eigenvalue weighted by atomic mass is 31.2. The van der Waals surface area contributed by atoms with E-state index in [0.717, 1.165) is 19.0 Å². The zero-order chi connectivity index (χ0) is 13.1. The molecule has 0 aromatic carbocycles. The maximum atomic E-state index is 5.98. The molecule has 1 aromatic rings. The third-order valence-corrected chi connectivity index (χ3v) is 5.44. The van der Waals surface area contributed by atoms with Crippen LogP contribution in [0.2, 0.25) is 0 Å². The molecule has 4 nitrogen and oxygen atoms in total. The third kappa shape index (κ3) is 2.82. The summed E-state index contributed by atoms with van der Waals surface area (Å²) in [6, 6.07) is 6.98. The minimum atomic E-state index is -0.723. The van der Waals surface area contributed by atoms with Gasteiger partial charge in [-0.2, -0.15) is 0 Å². The van der Waals surface area contributed by atoms with E-state index in [0.29, 0.717) is 12.1 Å². The fraction of sp³-hybridized carbons (Fsp3) is 0.615. The normalized spacial score (nSPS) is 20.4. The molecule has 0 radical (unpaired) electrons. The summed E-state index contributed by atoms with van der Waals surface area (Å²) in [6.45, 7) is 10.6. The van der Waals surface area contributed by atoms with Crippen molar-refractivity contribution >= 4 is 14.3 Å². The van der Waals surface area contributed by atoms with Gasteiger partial charge in [0.15, 0.2) is 0 Å². The molecule has 2 heterocycles. The van der Waals surface area contributed by atoms with E-state index in [4.69, 9.17) is 4.52 Å². The molecule has 1 saturated heterocycles. The van der Waals surface area contributed by atoms with Crippen molar-refractivity contribution in [3.05, 3.63) is 24.4 Å². The first-order chi connectivity index (χ1) is 8.61. The highest BCUT2D eigenvalue weighted by Crippen LogP contribution is 2.52. The van der Waals surface area contributed by atoms with Crippen LogP contribution in [-0.2, 0) is 4.52 Å². The van der Waals surface area contributed by atoms with Crippen molar-refractivity contribution in [2.45, 2.75) is 39.8 Å². The van der Waals surface area contributed by atoms with E-state index in [1.807, 2.05) is 18.3 Å². The SMILES string of the molecule is CC(C)N(C(C)C)P1OCCN1c1ccccn1. The fourth-order valence-corrected chi connectivity index (χ4v) is 4.36. The minimum Gasteiger partial charge on any atom is -0.325 e. The van der Waals surface area contributed by atoms with Crippen molar-refractivity contribution in [1.82, 2.24) is 9.65 Å². The smallest absolute Gasteiger partial charge is 0.219 e. The highest BCUT2D eigenvalue weighted by molar-refractivity contribution is 7.52. The molecule has 1 aromatic heterocycles. The predicted molar refractivity (Wildman–Crippen MR) is 76.6 cm³/mol. The first-order valence-corrected chi connectivity index (χ1v) is 7.67. The monoisotopic (exact) mass is 267 g/mol. The molecule has 100 valence electrons. The summed E-state index contributed by atoms with van der Waals surface area (Å²) >= 11 is 0. The lowest BCUT2D eigenvalue weighted by molar-refractivity contribution is 0.275. The van der Waals surface area contributed by atoms with Crippen LogP contribution in [-0.4, -0.2) is 34.9 Å². The molecule has 1 atom stereocenters. The van der Waals surface area contributed by atoms with Gasteiger partial charge in [0.25, 0.3) is 0 Å². The Morgan fingerprint density at radius 1 is 1.28 bits per heavy atom. The van der Waals surface area contributed by atoms with Crippen LogP contribution >= 0.6 is 8.45 Å². The molecular weight excluding hydrogens is 245 g/mol. The summed E-state index contributed by atoms with van der Waals surface area (Å²) in [5.74, 6) is 1.02. The summed E-state index contributed by atoms with van der Waals surface area (Å²) in [7, 11) is -0.723. The average molecular weight is 267 g/mol. The zero-order valence-electron chi connectivity index (χ0n) is 11.6. The first-order valence-electron chi connectivity index (χ1n) is 6.51. The van der Waals surface area contributed by atoms with Crippen molar-refractivity contribution in [1.29, 1.82) is 0 Å². The van der Waals surface area contributed by atoms with E-state index in [9.17, 15) is 0 Å². The van der Waals surface area contributed by atoms with E-state index in [1.54, 1.807) is 0 Å². The predicted octanol–water partition coefficient (Wildman–Crippen LogP) is 3.26. The molecule has 0 saturated carbocycles. The summed E-state index contributed by atoms with van der Waals surface area (Å²) in [4.78, 5) is 4.45. The maximum absolute atomic E-state index is 5.98. The number of pyridine rings is 1. The Balaban J connectivity index is 2.21. The van der Waals surface area contributed by atoms with Crippen molar-refractivity contribution < 1.29 is 4.52 Å². The Morgan fingerprint density at radius 2 is 2.00 bits per heavy atom. The number of hydrogen-bond donors (Lipinski definition) is 0. The number of hydrogen-bond acceptors (Lipinski definition) is 4. The van der Waals surface area contributed by atoms with Gasteiger partial charge in [0, 0.05) is 18.3 Å². The standard InChI is InChI=1S/C13H22N3OP/c1-11(2)16(12(3)4)18-15(9-10-17-18)13-7-5-6-8-14-13/h5-8,11-12H,9-10H2,1-4H3. The number of rotatable bonds is 4. The molecule has 0 aliphatic carbocycles. The molecule has 0 spiro atoms. The van der Waals surface area contributed by atoms with Gasteiger partial charge in [-0.3, -0.25) is 4.67 Å². The van der Waals surface area contributed by atoms with Gasteiger partial charge in [0.05, 0.1) is 13.2 Å². The Hall–Kier alpha value is -0.700. The van der Waals surface area contributed by atoms with Gasteiger partial charge >= 0.3 is 0 Å². The summed E-state index contributed by atoms with van der Waals surface area (Å²) in [6.07, 6.45) is 1.84. The lowest BCUT2D eigenvalue weighted by Crippen LogP contribution is -2.36. The average Bonchev–Trinajstić information content (AvgIpc) is 2.78. The Morgan fingerprint density at radius 3 is 2.56 bits per heavy atom. The van der Waals surface area contributed by atoms with E-state index in [1.165, 1.54) is 0 Å². The molecule has 1 aliphatic heterocycles. The van der Waals surface area contributed by atoms with Crippen molar-refractivity contribution in [2.75, 3.05) is 17.8 Å². The number of anilines is 1. The van der Waals surface area contributed by atoms with Crippen molar-refractivity contribution in [3.8, 4) is 0 Å². The van der Waals surface area contributed by atoms with Gasteiger partial charge in [0.1, 0.15) is 5.82 Å². The van der Waals surface area contributed by atoms with Gasteiger partial charge in [-0.1, -0.05) is 6.07 Å². The van der Waals surface area contributed by atoms with Crippen LogP contribution < -0.4 is 4.67 Å². The number of aromatic nitrogens is 1. The molecule has 1 aliphatic rings. The van der Waals surface area contributed by atoms with Gasteiger partial charge in [-0.25, -0.2) is 9.65 Å². The summed E-state index contributed by atoms with van der Waals surface area (Å²) < 4.78 is 10.7. The molecule has 5 heteroatoms. The van der Waals surface area contributed by atoms with Crippen molar-refractivity contribution in [2.24, 2.45) is 0 Å². The van der Waals surface area contributed by atoms with Gasteiger partial charge in [0.2, 0.25) is 8.45 Å². The molecule has 2 rings (SSSR count). The topological polar surface area (TPSA) is 28.6 Å². The van der Waals surface area contributed by atoms with Gasteiger partial charge in [-0.15, -0.1) is 0 Å². The van der Waals surface area contributed by atoms with Gasteiger partial charge < -0.3 is 4.52 Å². The van der Waals surface area contributed by atoms with Crippen LogP contribution in [0.5, 0.6) is 0 Å². The van der Waals surface area contributed by atoms with E-state index in [2.05, 4.69) is 48.1 Å². The van der Waals surface area contributed by atoms with Crippen molar-refractivity contribution in [3.63, 3.8) is 0 Å². The Kier molecular flexibility index (Phi) is 4.55. The van der Waals surface area contributed by atoms with Crippen LogP contribution in [0.25, 0.3) is 0 Å². The second-order valence-electron chi connectivity index (χ2n) is 4.96. The molecule has 1 unspecified atom stereocenters. The minimum absolute atomic E-state index is 0.473. The lowest BCUT2D eigenvalue weighted by Gasteiger charge is -2.38. The molecule has 1 fully saturated rings. The molecule has 0 bridgehead atoms. The first kappa shape index (κ1) is 13.7. The quantitative estimate of drug-likeness (QED) is 0.783. The van der Waals surface area contributed by atoms with E-state index < -0.39 is 8.45 Å². The van der Waals surface area contributed by atoms with Gasteiger partial charge in [-0.05, 0) is 39.8 Å². The zero-order valence-corrected chi connectivity index (χ0v) is 12.5. The van der Waals surface area contributed by atoms with E-state index >= 15 is 0 Å². The second-order valence-corrected chi connectivity index (χ2v) is 6.67. The lowest BCUT2D eigenvalue weighted by atomic mass is 10.3.